The highest BCUT2D eigenvalue weighted by molar-refractivity contribution is 6.34. The van der Waals surface area contributed by atoms with Gasteiger partial charge in [-0.3, -0.25) is 19.8 Å². The molecule has 6 heteroatoms. The van der Waals surface area contributed by atoms with Crippen molar-refractivity contribution in [2.75, 3.05) is 19.6 Å². The number of β-amino-alcohol motifs (C(OH)–C–C–N with tert-alkyl or cyclic N) is 1. The summed E-state index contributed by atoms with van der Waals surface area (Å²) in [6.45, 7) is 1.23. The topological polar surface area (TPSA) is 69.6 Å². The zero-order valence-electron chi connectivity index (χ0n) is 10.3. The van der Waals surface area contributed by atoms with E-state index in [1.807, 2.05) is 0 Å². The molecule has 0 radical (unpaired) electrons. The van der Waals surface area contributed by atoms with Gasteiger partial charge in [0, 0.05) is 13.1 Å². The smallest absolute Gasteiger partial charge is 0.259 e. The average molecular weight is 283 g/mol. The molecule has 1 aromatic rings. The Labute approximate surface area is 116 Å². The zero-order chi connectivity index (χ0) is 13.8. The number of benzene rings is 1. The Hall–Kier alpha value is -1.43. The second-order valence-electron chi connectivity index (χ2n) is 4.53. The molecule has 2 amide bonds. The summed E-state index contributed by atoms with van der Waals surface area (Å²) in [5.41, 5.74) is 0.277. The number of carbonyl (C=O) groups is 2. The lowest BCUT2D eigenvalue weighted by molar-refractivity contribution is -0.121. The van der Waals surface area contributed by atoms with Crippen LogP contribution in [0.25, 0.3) is 0 Å². The first-order valence-corrected chi connectivity index (χ1v) is 6.43. The van der Waals surface area contributed by atoms with Gasteiger partial charge in [0.05, 0.1) is 23.2 Å². The third-order valence-electron chi connectivity index (χ3n) is 2.99. The van der Waals surface area contributed by atoms with Crippen LogP contribution in [-0.4, -0.2) is 47.6 Å². The van der Waals surface area contributed by atoms with Crippen LogP contribution in [0.3, 0.4) is 0 Å². The maximum atomic E-state index is 11.8. The number of carbonyl (C=O) groups excluding carboxylic acids is 2. The van der Waals surface area contributed by atoms with Gasteiger partial charge in [0.25, 0.3) is 5.91 Å². The highest BCUT2D eigenvalue weighted by atomic mass is 35.5. The van der Waals surface area contributed by atoms with Crippen molar-refractivity contribution < 1.29 is 14.7 Å². The lowest BCUT2D eigenvalue weighted by atomic mass is 10.2. The summed E-state index contributed by atoms with van der Waals surface area (Å²) in [6.07, 6.45) is 0.276. The van der Waals surface area contributed by atoms with Crippen molar-refractivity contribution >= 4 is 23.4 Å². The van der Waals surface area contributed by atoms with Crippen molar-refractivity contribution in [2.45, 2.75) is 12.5 Å². The molecule has 2 rings (SSSR count). The molecule has 0 spiro atoms. The molecule has 19 heavy (non-hydrogen) atoms. The first-order chi connectivity index (χ1) is 9.06. The molecule has 1 aliphatic rings. The van der Waals surface area contributed by atoms with E-state index in [2.05, 4.69) is 5.32 Å². The quantitative estimate of drug-likeness (QED) is 0.855. The van der Waals surface area contributed by atoms with Crippen LogP contribution in [0, 0.1) is 0 Å². The Morgan fingerprint density at radius 3 is 2.79 bits per heavy atom. The predicted octanol–water partition coefficient (Wildman–Crippen LogP) is 0.663. The van der Waals surface area contributed by atoms with Gasteiger partial charge in [0.15, 0.2) is 0 Å². The van der Waals surface area contributed by atoms with Gasteiger partial charge in [0.2, 0.25) is 5.91 Å². The Morgan fingerprint density at radius 2 is 2.16 bits per heavy atom. The molecule has 1 heterocycles. The van der Waals surface area contributed by atoms with Gasteiger partial charge in [-0.2, -0.15) is 0 Å². The molecule has 1 saturated heterocycles. The number of nitrogens with zero attached hydrogens (tertiary/aromatic N) is 1. The minimum Gasteiger partial charge on any atom is -0.392 e. The van der Waals surface area contributed by atoms with Crippen LogP contribution >= 0.6 is 11.6 Å². The van der Waals surface area contributed by atoms with E-state index in [1.165, 1.54) is 0 Å². The molecule has 1 aliphatic heterocycles. The molecule has 0 unspecified atom stereocenters. The fraction of sp³-hybridized carbons (Fsp3) is 0.385. The number of amides is 2. The van der Waals surface area contributed by atoms with E-state index in [0.29, 0.717) is 24.5 Å². The van der Waals surface area contributed by atoms with Crippen LogP contribution < -0.4 is 5.32 Å². The SMILES string of the molecule is O=C(CN1CC[C@H](O)C1)NC(=O)c1ccccc1Cl. The Kier molecular flexibility index (Phi) is 4.52. The van der Waals surface area contributed by atoms with Crippen molar-refractivity contribution in [2.24, 2.45) is 0 Å². The van der Waals surface area contributed by atoms with Crippen molar-refractivity contribution in [3.63, 3.8) is 0 Å². The second kappa shape index (κ2) is 6.14. The van der Waals surface area contributed by atoms with Gasteiger partial charge >= 0.3 is 0 Å². The molecule has 1 fully saturated rings. The van der Waals surface area contributed by atoms with Gasteiger partial charge in [-0.15, -0.1) is 0 Å². The van der Waals surface area contributed by atoms with E-state index in [0.717, 1.165) is 0 Å². The first kappa shape index (κ1) is 14.0. The van der Waals surface area contributed by atoms with Crippen molar-refractivity contribution in [3.8, 4) is 0 Å². The van der Waals surface area contributed by atoms with Crippen molar-refractivity contribution in [1.29, 1.82) is 0 Å². The highest BCUT2D eigenvalue weighted by Crippen LogP contribution is 2.14. The number of likely N-dealkylation sites (tertiary alicyclic amines) is 1. The number of aliphatic hydroxyl groups excluding tert-OH is 1. The number of rotatable bonds is 3. The van der Waals surface area contributed by atoms with Crippen LogP contribution in [0.4, 0.5) is 0 Å². The molecule has 1 aromatic carbocycles. The van der Waals surface area contributed by atoms with Crippen LogP contribution in [-0.2, 0) is 4.79 Å². The summed E-state index contributed by atoms with van der Waals surface area (Å²) in [4.78, 5) is 25.3. The van der Waals surface area contributed by atoms with E-state index in [9.17, 15) is 14.7 Å². The third kappa shape index (κ3) is 3.76. The predicted molar refractivity (Wildman–Crippen MR) is 71.0 cm³/mol. The first-order valence-electron chi connectivity index (χ1n) is 6.05. The Balaban J connectivity index is 1.89. The highest BCUT2D eigenvalue weighted by Gasteiger charge is 2.23. The van der Waals surface area contributed by atoms with Crippen LogP contribution in [0.2, 0.25) is 5.02 Å². The molecule has 5 nitrogen and oxygen atoms in total. The number of aliphatic hydroxyl groups is 1. The minimum absolute atomic E-state index is 0.104. The molecular weight excluding hydrogens is 268 g/mol. The molecule has 0 bridgehead atoms. The molecule has 1 atom stereocenters. The van der Waals surface area contributed by atoms with Gasteiger partial charge < -0.3 is 5.11 Å². The van der Waals surface area contributed by atoms with E-state index in [4.69, 9.17) is 11.6 Å². The Bertz CT molecular complexity index is 493. The van der Waals surface area contributed by atoms with Gasteiger partial charge in [-0.1, -0.05) is 23.7 Å². The largest absolute Gasteiger partial charge is 0.392 e. The average Bonchev–Trinajstić information content (AvgIpc) is 2.74. The number of hydrogen-bond acceptors (Lipinski definition) is 4. The fourth-order valence-electron chi connectivity index (χ4n) is 2.04. The van der Waals surface area contributed by atoms with Gasteiger partial charge in [-0.05, 0) is 18.6 Å². The van der Waals surface area contributed by atoms with E-state index < -0.39 is 5.91 Å². The van der Waals surface area contributed by atoms with Crippen LogP contribution in [0.15, 0.2) is 24.3 Å². The molecule has 2 N–H and O–H groups in total. The minimum atomic E-state index is -0.504. The lowest BCUT2D eigenvalue weighted by Gasteiger charge is -2.14. The maximum Gasteiger partial charge on any atom is 0.259 e. The second-order valence-corrected chi connectivity index (χ2v) is 4.94. The molecular formula is C13H15ClN2O3. The van der Waals surface area contributed by atoms with Crippen molar-refractivity contribution in [1.82, 2.24) is 10.2 Å². The lowest BCUT2D eigenvalue weighted by Crippen LogP contribution is -2.39. The van der Waals surface area contributed by atoms with Crippen LogP contribution in [0.1, 0.15) is 16.8 Å². The summed E-state index contributed by atoms with van der Waals surface area (Å²) in [7, 11) is 0. The molecule has 0 aliphatic carbocycles. The monoisotopic (exact) mass is 282 g/mol. The summed E-state index contributed by atoms with van der Waals surface area (Å²) in [6, 6.07) is 6.55. The fourth-order valence-corrected chi connectivity index (χ4v) is 2.26. The number of imide groups is 1. The Morgan fingerprint density at radius 1 is 1.42 bits per heavy atom. The van der Waals surface area contributed by atoms with E-state index >= 15 is 0 Å². The number of halogens is 1. The molecule has 0 saturated carbocycles. The summed E-state index contributed by atoms with van der Waals surface area (Å²) in [5, 5.41) is 12.0. The summed E-state index contributed by atoms with van der Waals surface area (Å²) >= 11 is 5.88. The zero-order valence-corrected chi connectivity index (χ0v) is 11.1. The number of hydrogen-bond donors (Lipinski definition) is 2. The normalized spacial score (nSPS) is 19.4. The molecule has 102 valence electrons. The molecule has 0 aromatic heterocycles. The maximum absolute atomic E-state index is 11.8. The van der Waals surface area contributed by atoms with Crippen molar-refractivity contribution in [3.05, 3.63) is 34.9 Å². The van der Waals surface area contributed by atoms with Crippen LogP contribution in [0.5, 0.6) is 0 Å². The van der Waals surface area contributed by atoms with E-state index in [-0.39, 0.29) is 24.1 Å². The van der Waals surface area contributed by atoms with E-state index in [1.54, 1.807) is 29.2 Å². The standard InChI is InChI=1S/C13H15ClN2O3/c14-11-4-2-1-3-10(11)13(19)15-12(18)8-16-6-5-9(17)7-16/h1-4,9,17H,5-8H2,(H,15,18,19)/t9-/m0/s1. The van der Waals surface area contributed by atoms with Gasteiger partial charge in [-0.25, -0.2) is 0 Å². The summed E-state index contributed by atoms with van der Waals surface area (Å²) < 4.78 is 0. The number of nitrogens with one attached hydrogen (secondary N) is 1. The third-order valence-corrected chi connectivity index (χ3v) is 3.32. The summed E-state index contributed by atoms with van der Waals surface area (Å²) in [5.74, 6) is -0.894. The van der Waals surface area contributed by atoms with Gasteiger partial charge in [0.1, 0.15) is 0 Å².